The molecular weight excluding hydrogens is 238 g/mol. The van der Waals surface area contributed by atoms with E-state index in [2.05, 4.69) is 38.0 Å². The van der Waals surface area contributed by atoms with Gasteiger partial charge in [0.2, 0.25) is 0 Å². The van der Waals surface area contributed by atoms with Gasteiger partial charge in [0, 0.05) is 24.8 Å². The summed E-state index contributed by atoms with van der Waals surface area (Å²) in [5, 5.41) is 4.48. The van der Waals surface area contributed by atoms with Crippen molar-refractivity contribution in [3.8, 4) is 16.9 Å². The second kappa shape index (κ2) is 5.05. The molecule has 0 saturated heterocycles. The molecule has 0 bridgehead atoms. The van der Waals surface area contributed by atoms with E-state index in [1.54, 1.807) is 7.11 Å². The lowest BCUT2D eigenvalue weighted by Gasteiger charge is -2.12. The quantitative estimate of drug-likeness (QED) is 0.921. The van der Waals surface area contributed by atoms with Crippen molar-refractivity contribution in [3.05, 3.63) is 34.6 Å². The van der Waals surface area contributed by atoms with E-state index in [0.29, 0.717) is 6.54 Å². The first-order chi connectivity index (χ1) is 8.99. The Balaban J connectivity index is 2.69. The molecule has 4 heteroatoms. The van der Waals surface area contributed by atoms with Gasteiger partial charge >= 0.3 is 0 Å². The largest absolute Gasteiger partial charge is 0.496 e. The highest BCUT2D eigenvalue weighted by Gasteiger charge is 2.16. The summed E-state index contributed by atoms with van der Waals surface area (Å²) in [7, 11) is 3.64. The molecule has 0 unspecified atom stereocenters. The van der Waals surface area contributed by atoms with Crippen LogP contribution in [0, 0.1) is 20.8 Å². The lowest BCUT2D eigenvalue weighted by atomic mass is 9.96. The zero-order chi connectivity index (χ0) is 14.2. The fourth-order valence-electron chi connectivity index (χ4n) is 2.45. The monoisotopic (exact) mass is 259 g/mol. The Morgan fingerprint density at radius 3 is 2.47 bits per heavy atom. The Kier molecular flexibility index (Phi) is 3.62. The minimum atomic E-state index is 0.446. The van der Waals surface area contributed by atoms with Crippen molar-refractivity contribution in [2.75, 3.05) is 7.11 Å². The Morgan fingerprint density at radius 1 is 1.21 bits per heavy atom. The summed E-state index contributed by atoms with van der Waals surface area (Å²) in [6, 6.07) is 4.22. The van der Waals surface area contributed by atoms with Crippen molar-refractivity contribution >= 4 is 0 Å². The van der Waals surface area contributed by atoms with E-state index in [1.807, 2.05) is 11.7 Å². The summed E-state index contributed by atoms with van der Waals surface area (Å²) in [6.07, 6.45) is 0. The fourth-order valence-corrected chi connectivity index (χ4v) is 2.45. The van der Waals surface area contributed by atoms with Crippen molar-refractivity contribution in [2.24, 2.45) is 12.8 Å². The van der Waals surface area contributed by atoms with Crippen LogP contribution >= 0.6 is 0 Å². The average molecular weight is 259 g/mol. The van der Waals surface area contributed by atoms with Gasteiger partial charge in [0.1, 0.15) is 5.75 Å². The number of hydrogen-bond donors (Lipinski definition) is 1. The van der Waals surface area contributed by atoms with E-state index in [1.165, 1.54) is 11.1 Å². The molecule has 19 heavy (non-hydrogen) atoms. The van der Waals surface area contributed by atoms with Crippen LogP contribution in [0.1, 0.15) is 22.5 Å². The molecule has 102 valence electrons. The van der Waals surface area contributed by atoms with Crippen LogP contribution in [0.25, 0.3) is 11.1 Å². The summed E-state index contributed by atoms with van der Waals surface area (Å²) >= 11 is 0. The summed E-state index contributed by atoms with van der Waals surface area (Å²) in [6.45, 7) is 6.65. The highest BCUT2D eigenvalue weighted by Crippen LogP contribution is 2.33. The molecule has 1 heterocycles. The van der Waals surface area contributed by atoms with Crippen LogP contribution in [0.3, 0.4) is 0 Å². The van der Waals surface area contributed by atoms with Crippen LogP contribution in [-0.2, 0) is 13.6 Å². The Hall–Kier alpha value is -1.81. The van der Waals surface area contributed by atoms with Gasteiger partial charge in [-0.2, -0.15) is 5.10 Å². The molecule has 0 atom stereocenters. The molecule has 0 amide bonds. The van der Waals surface area contributed by atoms with Gasteiger partial charge in [-0.15, -0.1) is 0 Å². The summed E-state index contributed by atoms with van der Waals surface area (Å²) in [5.41, 5.74) is 12.5. The number of methoxy groups -OCH3 is 1. The number of rotatable bonds is 3. The molecule has 1 aromatic heterocycles. The van der Waals surface area contributed by atoms with E-state index >= 15 is 0 Å². The predicted octanol–water partition coefficient (Wildman–Crippen LogP) is 2.48. The highest BCUT2D eigenvalue weighted by molar-refractivity contribution is 5.73. The van der Waals surface area contributed by atoms with Gasteiger partial charge in [0.05, 0.1) is 12.8 Å². The van der Waals surface area contributed by atoms with Gasteiger partial charge in [-0.1, -0.05) is 0 Å². The maximum atomic E-state index is 5.81. The van der Waals surface area contributed by atoms with Crippen LogP contribution < -0.4 is 10.5 Å². The summed E-state index contributed by atoms with van der Waals surface area (Å²) in [4.78, 5) is 0. The second-order valence-corrected chi connectivity index (χ2v) is 4.87. The van der Waals surface area contributed by atoms with Gasteiger partial charge in [-0.25, -0.2) is 0 Å². The molecule has 2 aromatic rings. The molecule has 0 radical (unpaired) electrons. The lowest BCUT2D eigenvalue weighted by Crippen LogP contribution is -2.00. The van der Waals surface area contributed by atoms with Gasteiger partial charge in [-0.3, -0.25) is 4.68 Å². The third kappa shape index (κ3) is 2.24. The van der Waals surface area contributed by atoms with E-state index in [-0.39, 0.29) is 0 Å². The number of nitrogens with zero attached hydrogens (tertiary/aromatic N) is 2. The lowest BCUT2D eigenvalue weighted by molar-refractivity contribution is 0.411. The number of hydrogen-bond acceptors (Lipinski definition) is 3. The molecule has 0 spiro atoms. The zero-order valence-corrected chi connectivity index (χ0v) is 12.2. The molecular formula is C15H21N3O. The van der Waals surface area contributed by atoms with Gasteiger partial charge < -0.3 is 10.5 Å². The van der Waals surface area contributed by atoms with E-state index < -0.39 is 0 Å². The smallest absolute Gasteiger partial charge is 0.122 e. The minimum Gasteiger partial charge on any atom is -0.496 e. The molecule has 0 aliphatic heterocycles. The van der Waals surface area contributed by atoms with E-state index in [9.17, 15) is 0 Å². The molecule has 0 aliphatic rings. The summed E-state index contributed by atoms with van der Waals surface area (Å²) < 4.78 is 7.25. The fraction of sp³-hybridized carbons (Fsp3) is 0.400. The van der Waals surface area contributed by atoms with Crippen LogP contribution in [0.4, 0.5) is 0 Å². The number of nitrogens with two attached hydrogens (primary N) is 1. The Bertz CT molecular complexity index is 614. The first kappa shape index (κ1) is 13.6. The standard InChI is InChI=1S/C15H21N3O/c1-9-7-14(19-5)10(2)6-12(9)15-11(3)18(4)17-13(15)8-16/h6-7H,8,16H2,1-5H3. The number of benzene rings is 1. The second-order valence-electron chi connectivity index (χ2n) is 4.87. The zero-order valence-electron chi connectivity index (χ0n) is 12.2. The highest BCUT2D eigenvalue weighted by atomic mass is 16.5. The molecule has 0 saturated carbocycles. The van der Waals surface area contributed by atoms with Crippen molar-refractivity contribution in [1.29, 1.82) is 0 Å². The number of aromatic nitrogens is 2. The van der Waals surface area contributed by atoms with Crippen LogP contribution in [0.15, 0.2) is 12.1 Å². The summed E-state index contributed by atoms with van der Waals surface area (Å²) in [5.74, 6) is 0.914. The van der Waals surface area contributed by atoms with Crippen molar-refractivity contribution in [3.63, 3.8) is 0 Å². The van der Waals surface area contributed by atoms with Crippen molar-refractivity contribution < 1.29 is 4.74 Å². The third-order valence-corrected chi connectivity index (χ3v) is 3.61. The number of ether oxygens (including phenoxy) is 1. The normalized spacial score (nSPS) is 10.8. The van der Waals surface area contributed by atoms with Crippen LogP contribution in [0.5, 0.6) is 5.75 Å². The maximum Gasteiger partial charge on any atom is 0.122 e. The molecule has 4 nitrogen and oxygen atoms in total. The van der Waals surface area contributed by atoms with E-state index in [4.69, 9.17) is 10.5 Å². The predicted molar refractivity (Wildman–Crippen MR) is 77.3 cm³/mol. The van der Waals surface area contributed by atoms with Crippen molar-refractivity contribution in [1.82, 2.24) is 9.78 Å². The topological polar surface area (TPSA) is 53.1 Å². The first-order valence-corrected chi connectivity index (χ1v) is 6.37. The van der Waals surface area contributed by atoms with Crippen LogP contribution in [0.2, 0.25) is 0 Å². The molecule has 0 fully saturated rings. The Morgan fingerprint density at radius 2 is 1.89 bits per heavy atom. The number of aryl methyl sites for hydroxylation is 3. The van der Waals surface area contributed by atoms with Gasteiger partial charge in [0.15, 0.2) is 0 Å². The molecule has 0 aliphatic carbocycles. The van der Waals surface area contributed by atoms with Gasteiger partial charge in [0.25, 0.3) is 0 Å². The SMILES string of the molecule is COc1cc(C)c(-c2c(CN)nn(C)c2C)cc1C. The molecule has 2 N–H and O–H groups in total. The molecule has 2 rings (SSSR count). The molecule has 1 aromatic carbocycles. The minimum absolute atomic E-state index is 0.446. The first-order valence-electron chi connectivity index (χ1n) is 6.37. The van der Waals surface area contributed by atoms with Crippen molar-refractivity contribution in [2.45, 2.75) is 27.3 Å². The maximum absolute atomic E-state index is 5.81. The average Bonchev–Trinajstić information content (AvgIpc) is 2.67. The van der Waals surface area contributed by atoms with Crippen LogP contribution in [-0.4, -0.2) is 16.9 Å². The Labute approximate surface area is 114 Å². The van der Waals surface area contributed by atoms with Gasteiger partial charge in [-0.05, 0) is 49.6 Å². The third-order valence-electron chi connectivity index (χ3n) is 3.61. The van der Waals surface area contributed by atoms with E-state index in [0.717, 1.165) is 28.3 Å².